The van der Waals surface area contributed by atoms with Gasteiger partial charge in [-0.25, -0.2) is 0 Å². The highest BCUT2D eigenvalue weighted by molar-refractivity contribution is 6.36. The molecule has 2 amide bonds. The fraction of sp³-hybridized carbons (Fsp3) is 0.556. The third kappa shape index (κ3) is 6.17. The van der Waals surface area contributed by atoms with Crippen molar-refractivity contribution in [1.29, 1.82) is 0 Å². The maximum absolute atomic E-state index is 12.5. The average Bonchev–Trinajstić information content (AvgIpc) is 2.49. The predicted octanol–water partition coefficient (Wildman–Crippen LogP) is 2.59. The van der Waals surface area contributed by atoms with Gasteiger partial charge < -0.3 is 10.2 Å². The van der Waals surface area contributed by atoms with Gasteiger partial charge in [0, 0.05) is 41.8 Å². The van der Waals surface area contributed by atoms with Gasteiger partial charge in [-0.1, -0.05) is 29.3 Å². The largest absolute Gasteiger partial charge is 0.350 e. The molecular formula is C18H25Cl2N3O2. The molecule has 0 spiro atoms. The lowest BCUT2D eigenvalue weighted by Crippen LogP contribution is -2.53. The second kappa shape index (κ2) is 8.39. The van der Waals surface area contributed by atoms with Gasteiger partial charge >= 0.3 is 0 Å². The molecule has 1 aliphatic rings. The van der Waals surface area contributed by atoms with Crippen molar-refractivity contribution in [2.75, 3.05) is 32.7 Å². The predicted molar refractivity (Wildman–Crippen MR) is 101 cm³/mol. The van der Waals surface area contributed by atoms with E-state index in [-0.39, 0.29) is 23.8 Å². The van der Waals surface area contributed by atoms with Crippen LogP contribution in [-0.2, 0) is 16.0 Å². The highest BCUT2D eigenvalue weighted by Crippen LogP contribution is 2.25. The first-order chi connectivity index (χ1) is 11.7. The van der Waals surface area contributed by atoms with Crippen molar-refractivity contribution in [2.24, 2.45) is 0 Å². The van der Waals surface area contributed by atoms with Crippen LogP contribution in [0.15, 0.2) is 18.2 Å². The smallest absolute Gasteiger partial charge is 0.234 e. The lowest BCUT2D eigenvalue weighted by molar-refractivity contribution is -0.132. The maximum Gasteiger partial charge on any atom is 0.234 e. The Morgan fingerprint density at radius 1 is 1.08 bits per heavy atom. The van der Waals surface area contributed by atoms with Crippen LogP contribution in [0, 0.1) is 0 Å². The second-order valence-electron chi connectivity index (χ2n) is 7.33. The Bertz CT molecular complexity index is 615. The van der Waals surface area contributed by atoms with Crippen LogP contribution in [0.3, 0.4) is 0 Å². The molecule has 1 N–H and O–H groups in total. The minimum atomic E-state index is -0.233. The zero-order valence-electron chi connectivity index (χ0n) is 14.9. The molecule has 2 rings (SSSR count). The SMILES string of the molecule is CC(C)(C)NC(=O)CN1CCN(C(=O)Cc2c(Cl)cccc2Cl)CC1. The van der Waals surface area contributed by atoms with Gasteiger partial charge in [0.1, 0.15) is 0 Å². The summed E-state index contributed by atoms with van der Waals surface area (Å²) in [5, 5.41) is 3.98. The number of hydrogen-bond acceptors (Lipinski definition) is 3. The molecule has 0 bridgehead atoms. The van der Waals surface area contributed by atoms with Crippen LogP contribution in [0.4, 0.5) is 0 Å². The molecule has 0 unspecified atom stereocenters. The number of halogens is 2. The molecular weight excluding hydrogens is 361 g/mol. The summed E-state index contributed by atoms with van der Waals surface area (Å²) in [5.74, 6) is 0.0175. The third-order valence-electron chi connectivity index (χ3n) is 4.00. The molecule has 7 heteroatoms. The lowest BCUT2D eigenvalue weighted by Gasteiger charge is -2.35. The molecule has 1 saturated heterocycles. The highest BCUT2D eigenvalue weighted by atomic mass is 35.5. The maximum atomic E-state index is 12.5. The fourth-order valence-electron chi connectivity index (χ4n) is 2.78. The zero-order valence-corrected chi connectivity index (χ0v) is 16.5. The van der Waals surface area contributed by atoms with Crippen LogP contribution in [-0.4, -0.2) is 59.9 Å². The third-order valence-corrected chi connectivity index (χ3v) is 4.70. The van der Waals surface area contributed by atoms with Crippen molar-refractivity contribution in [1.82, 2.24) is 15.1 Å². The first-order valence-corrected chi connectivity index (χ1v) is 9.15. The molecule has 0 aromatic heterocycles. The number of nitrogens with one attached hydrogen (secondary N) is 1. The number of hydrogen-bond donors (Lipinski definition) is 1. The summed E-state index contributed by atoms with van der Waals surface area (Å²) in [6.45, 7) is 8.80. The minimum absolute atomic E-state index is 0.00814. The van der Waals surface area contributed by atoms with Crippen LogP contribution < -0.4 is 5.32 Å². The number of piperazine rings is 1. The fourth-order valence-corrected chi connectivity index (χ4v) is 3.31. The van der Waals surface area contributed by atoms with Gasteiger partial charge in [-0.3, -0.25) is 14.5 Å². The topological polar surface area (TPSA) is 52.7 Å². The van der Waals surface area contributed by atoms with Gasteiger partial charge in [0.2, 0.25) is 11.8 Å². The molecule has 0 aliphatic carbocycles. The number of rotatable bonds is 4. The van der Waals surface area contributed by atoms with E-state index in [4.69, 9.17) is 23.2 Å². The Kier molecular flexibility index (Phi) is 6.72. The van der Waals surface area contributed by atoms with Gasteiger partial charge in [0.15, 0.2) is 0 Å². The quantitative estimate of drug-likeness (QED) is 0.866. The number of nitrogens with zero attached hydrogens (tertiary/aromatic N) is 2. The molecule has 0 atom stereocenters. The van der Waals surface area contributed by atoms with Crippen LogP contribution in [0.1, 0.15) is 26.3 Å². The van der Waals surface area contributed by atoms with E-state index in [1.807, 2.05) is 20.8 Å². The molecule has 1 aromatic rings. The Balaban J connectivity index is 1.83. The van der Waals surface area contributed by atoms with E-state index in [0.717, 1.165) is 0 Å². The van der Waals surface area contributed by atoms with Crippen molar-refractivity contribution in [3.05, 3.63) is 33.8 Å². The van der Waals surface area contributed by atoms with Crippen LogP contribution in [0.2, 0.25) is 10.0 Å². The highest BCUT2D eigenvalue weighted by Gasteiger charge is 2.24. The standard InChI is InChI=1S/C18H25Cl2N3O2/c1-18(2,3)21-16(24)12-22-7-9-23(10-8-22)17(25)11-13-14(19)5-4-6-15(13)20/h4-6H,7-12H2,1-3H3,(H,21,24). The number of amides is 2. The Labute approximate surface area is 159 Å². The van der Waals surface area contributed by atoms with E-state index >= 15 is 0 Å². The summed E-state index contributed by atoms with van der Waals surface area (Å²) >= 11 is 12.3. The Morgan fingerprint density at radius 2 is 1.64 bits per heavy atom. The van der Waals surface area contributed by atoms with Crippen molar-refractivity contribution < 1.29 is 9.59 Å². The number of carbonyl (C=O) groups is 2. The van der Waals surface area contributed by atoms with Gasteiger partial charge in [-0.05, 0) is 38.5 Å². The number of benzene rings is 1. The van der Waals surface area contributed by atoms with Crippen molar-refractivity contribution >= 4 is 35.0 Å². The zero-order chi connectivity index (χ0) is 18.6. The minimum Gasteiger partial charge on any atom is -0.350 e. The Hall–Kier alpha value is -1.30. The first kappa shape index (κ1) is 20.0. The normalized spacial score (nSPS) is 16.0. The molecule has 1 aromatic carbocycles. The number of carbonyl (C=O) groups excluding carboxylic acids is 2. The van der Waals surface area contributed by atoms with Gasteiger partial charge in [0.05, 0.1) is 13.0 Å². The summed E-state index contributed by atoms with van der Waals surface area (Å²) in [6.07, 6.45) is 0.197. The van der Waals surface area contributed by atoms with Gasteiger partial charge in [-0.2, -0.15) is 0 Å². The van der Waals surface area contributed by atoms with Crippen molar-refractivity contribution in [2.45, 2.75) is 32.7 Å². The first-order valence-electron chi connectivity index (χ1n) is 8.40. The summed E-state index contributed by atoms with van der Waals surface area (Å²) in [7, 11) is 0. The van der Waals surface area contributed by atoms with Crippen LogP contribution in [0.5, 0.6) is 0 Å². The van der Waals surface area contributed by atoms with E-state index in [9.17, 15) is 9.59 Å². The molecule has 1 heterocycles. The molecule has 25 heavy (non-hydrogen) atoms. The summed E-state index contributed by atoms with van der Waals surface area (Å²) in [4.78, 5) is 28.4. The lowest BCUT2D eigenvalue weighted by atomic mass is 10.1. The van der Waals surface area contributed by atoms with Crippen molar-refractivity contribution in [3.8, 4) is 0 Å². The van der Waals surface area contributed by atoms with Crippen molar-refractivity contribution in [3.63, 3.8) is 0 Å². The summed E-state index contributed by atoms with van der Waals surface area (Å²) in [5.41, 5.74) is 0.436. The molecule has 5 nitrogen and oxygen atoms in total. The molecule has 0 radical (unpaired) electrons. The summed E-state index contributed by atoms with van der Waals surface area (Å²) < 4.78 is 0. The van der Waals surface area contributed by atoms with E-state index in [1.54, 1.807) is 23.1 Å². The molecule has 0 saturated carbocycles. The van der Waals surface area contributed by atoms with E-state index < -0.39 is 0 Å². The average molecular weight is 386 g/mol. The van der Waals surface area contributed by atoms with E-state index in [0.29, 0.717) is 48.3 Å². The van der Waals surface area contributed by atoms with Crippen LogP contribution >= 0.6 is 23.2 Å². The second-order valence-corrected chi connectivity index (χ2v) is 8.15. The van der Waals surface area contributed by atoms with Crippen LogP contribution in [0.25, 0.3) is 0 Å². The Morgan fingerprint density at radius 3 is 2.16 bits per heavy atom. The molecule has 138 valence electrons. The van der Waals surface area contributed by atoms with Gasteiger partial charge in [0.25, 0.3) is 0 Å². The summed E-state index contributed by atoms with van der Waals surface area (Å²) in [6, 6.07) is 5.24. The molecule has 1 fully saturated rings. The monoisotopic (exact) mass is 385 g/mol. The van der Waals surface area contributed by atoms with Gasteiger partial charge in [-0.15, -0.1) is 0 Å². The molecule has 1 aliphatic heterocycles. The van der Waals surface area contributed by atoms with E-state index in [1.165, 1.54) is 0 Å². The van der Waals surface area contributed by atoms with E-state index in [2.05, 4.69) is 10.2 Å².